The van der Waals surface area contributed by atoms with Gasteiger partial charge in [-0.2, -0.15) is 4.98 Å². The molecule has 0 aliphatic carbocycles. The molecule has 0 spiro atoms. The molecule has 4 N–H and O–H groups in total. The molecule has 9 heteroatoms. The average Bonchev–Trinajstić information content (AvgIpc) is 2.89. The van der Waals surface area contributed by atoms with Crippen LogP contribution in [0, 0.1) is 20.8 Å². The fourth-order valence-electron chi connectivity index (χ4n) is 3.50. The van der Waals surface area contributed by atoms with Crippen molar-refractivity contribution in [2.24, 2.45) is 0 Å². The molecule has 2 unspecified atom stereocenters. The highest BCUT2D eigenvalue weighted by Crippen LogP contribution is 2.28. The van der Waals surface area contributed by atoms with Crippen molar-refractivity contribution in [3.05, 3.63) is 57.1 Å². The van der Waals surface area contributed by atoms with E-state index in [0.717, 1.165) is 21.3 Å². The number of ether oxygens (including phenoxy) is 1. The van der Waals surface area contributed by atoms with E-state index >= 15 is 0 Å². The lowest BCUT2D eigenvalue weighted by atomic mass is 9.99. The molecule has 1 amide bonds. The van der Waals surface area contributed by atoms with E-state index < -0.39 is 36.8 Å². The number of anilines is 1. The van der Waals surface area contributed by atoms with Gasteiger partial charge in [0.15, 0.2) is 6.23 Å². The first kappa shape index (κ1) is 20.2. The van der Waals surface area contributed by atoms with Crippen LogP contribution in [0.5, 0.6) is 0 Å². The Balaban J connectivity index is 1.82. The van der Waals surface area contributed by atoms with E-state index in [0.29, 0.717) is 5.56 Å². The Kier molecular flexibility index (Phi) is 5.61. The van der Waals surface area contributed by atoms with Crippen LogP contribution in [0.2, 0.25) is 0 Å². The van der Waals surface area contributed by atoms with Crippen molar-refractivity contribution in [2.75, 3.05) is 11.9 Å². The molecular formula is C19H23N3O6. The number of aliphatic hydroxyl groups is 3. The van der Waals surface area contributed by atoms with Crippen LogP contribution in [-0.4, -0.2) is 55.7 Å². The van der Waals surface area contributed by atoms with E-state index in [2.05, 4.69) is 10.3 Å². The van der Waals surface area contributed by atoms with E-state index in [1.807, 2.05) is 32.9 Å². The van der Waals surface area contributed by atoms with E-state index in [1.54, 1.807) is 0 Å². The van der Waals surface area contributed by atoms with Gasteiger partial charge < -0.3 is 25.4 Å². The summed E-state index contributed by atoms with van der Waals surface area (Å²) < 4.78 is 6.32. The zero-order valence-electron chi connectivity index (χ0n) is 15.8. The van der Waals surface area contributed by atoms with Crippen LogP contribution in [0.25, 0.3) is 0 Å². The zero-order valence-corrected chi connectivity index (χ0v) is 15.8. The first-order valence-corrected chi connectivity index (χ1v) is 8.83. The molecule has 1 aromatic heterocycles. The maximum atomic E-state index is 12.6. The molecule has 1 aromatic carbocycles. The lowest BCUT2D eigenvalue weighted by molar-refractivity contribution is -0.0549. The number of nitrogens with one attached hydrogen (secondary N) is 1. The Labute approximate surface area is 161 Å². The Morgan fingerprint density at radius 1 is 1.21 bits per heavy atom. The van der Waals surface area contributed by atoms with Crippen molar-refractivity contribution in [1.82, 2.24) is 9.55 Å². The van der Waals surface area contributed by atoms with Gasteiger partial charge in [-0.15, -0.1) is 0 Å². The molecule has 9 nitrogen and oxygen atoms in total. The van der Waals surface area contributed by atoms with Crippen molar-refractivity contribution in [3.8, 4) is 0 Å². The van der Waals surface area contributed by atoms with Crippen molar-refractivity contribution in [1.29, 1.82) is 0 Å². The minimum Gasteiger partial charge on any atom is -0.394 e. The van der Waals surface area contributed by atoms with E-state index in [4.69, 9.17) is 9.84 Å². The third-order valence-corrected chi connectivity index (χ3v) is 4.77. The number of nitrogens with zero attached hydrogens (tertiary/aromatic N) is 2. The molecular weight excluding hydrogens is 366 g/mol. The van der Waals surface area contributed by atoms with Gasteiger partial charge in [-0.05, 0) is 38.0 Å². The fourth-order valence-corrected chi connectivity index (χ4v) is 3.50. The van der Waals surface area contributed by atoms with Crippen LogP contribution >= 0.6 is 0 Å². The average molecular weight is 389 g/mol. The normalized spacial score (nSPS) is 24.4. The molecule has 1 fully saturated rings. The summed E-state index contributed by atoms with van der Waals surface area (Å²) >= 11 is 0. The predicted molar refractivity (Wildman–Crippen MR) is 100 cm³/mol. The summed E-state index contributed by atoms with van der Waals surface area (Å²) in [6.45, 7) is 5.12. The molecule has 2 aromatic rings. The van der Waals surface area contributed by atoms with Gasteiger partial charge in [0.25, 0.3) is 5.91 Å². The molecule has 2 heterocycles. The van der Waals surface area contributed by atoms with Gasteiger partial charge >= 0.3 is 5.69 Å². The largest absolute Gasteiger partial charge is 0.394 e. The first-order valence-electron chi connectivity index (χ1n) is 8.83. The fraction of sp³-hybridized carbons (Fsp3) is 0.421. The molecule has 1 aliphatic heterocycles. The van der Waals surface area contributed by atoms with E-state index in [-0.39, 0.29) is 11.7 Å². The highest BCUT2D eigenvalue weighted by atomic mass is 16.6. The standard InChI is InChI=1S/C19H23N3O6/c1-9-6-10(2)14(11(3)7-9)17(26)20-13-4-5-22(19(27)21-13)18-16(25)15(24)12(8-23)28-18/h4-7,12,15-16,18,23-25H,8H2,1-3H3,(H,20,21,26,27)/t12-,15?,16?,18-/m1/s1. The molecule has 4 atom stereocenters. The summed E-state index contributed by atoms with van der Waals surface area (Å²) in [5.74, 6) is -0.329. The van der Waals surface area contributed by atoms with Crippen molar-refractivity contribution >= 4 is 11.7 Å². The minimum atomic E-state index is -1.39. The number of benzene rings is 1. The Morgan fingerprint density at radius 2 is 1.86 bits per heavy atom. The van der Waals surface area contributed by atoms with Gasteiger partial charge in [-0.1, -0.05) is 17.7 Å². The number of aryl methyl sites for hydroxylation is 3. The lowest BCUT2D eigenvalue weighted by Crippen LogP contribution is -2.36. The maximum Gasteiger partial charge on any atom is 0.351 e. The molecule has 1 saturated heterocycles. The molecule has 3 rings (SSSR count). The molecule has 0 radical (unpaired) electrons. The summed E-state index contributed by atoms with van der Waals surface area (Å²) in [6.07, 6.45) is -3.60. The van der Waals surface area contributed by atoms with Gasteiger partial charge in [0.2, 0.25) is 0 Å². The lowest BCUT2D eigenvalue weighted by Gasteiger charge is -2.17. The summed E-state index contributed by atoms with van der Waals surface area (Å²) in [4.78, 5) is 28.8. The number of amides is 1. The molecule has 1 aliphatic rings. The highest BCUT2D eigenvalue weighted by Gasteiger charge is 2.43. The summed E-state index contributed by atoms with van der Waals surface area (Å²) in [6, 6.07) is 5.19. The van der Waals surface area contributed by atoms with Crippen molar-refractivity contribution in [3.63, 3.8) is 0 Å². The van der Waals surface area contributed by atoms with Crippen LogP contribution in [0.1, 0.15) is 33.3 Å². The van der Waals surface area contributed by atoms with E-state index in [1.165, 1.54) is 12.3 Å². The zero-order chi connectivity index (χ0) is 20.6. The number of carbonyl (C=O) groups excluding carboxylic acids is 1. The van der Waals surface area contributed by atoms with Crippen LogP contribution in [0.4, 0.5) is 5.82 Å². The van der Waals surface area contributed by atoms with E-state index in [9.17, 15) is 19.8 Å². The van der Waals surface area contributed by atoms with Gasteiger partial charge in [-0.3, -0.25) is 9.36 Å². The second-order valence-corrected chi connectivity index (χ2v) is 6.96. The number of hydrogen-bond donors (Lipinski definition) is 4. The van der Waals surface area contributed by atoms with Crippen LogP contribution in [-0.2, 0) is 4.74 Å². The second kappa shape index (κ2) is 7.80. The van der Waals surface area contributed by atoms with Crippen LogP contribution in [0.15, 0.2) is 29.2 Å². The SMILES string of the molecule is Cc1cc(C)c(C(=O)Nc2ccn([C@@H]3O[C@H](CO)C(O)C3O)c(=O)n2)c(C)c1. The predicted octanol–water partition coefficient (Wildman–Crippen LogP) is 0.0324. The Morgan fingerprint density at radius 3 is 2.39 bits per heavy atom. The van der Waals surface area contributed by atoms with Gasteiger partial charge in [0.1, 0.15) is 24.1 Å². The Hall–Kier alpha value is -2.59. The second-order valence-electron chi connectivity index (χ2n) is 6.96. The van der Waals surface area contributed by atoms with Crippen molar-refractivity contribution < 1.29 is 24.9 Å². The number of aliphatic hydroxyl groups excluding tert-OH is 3. The van der Waals surface area contributed by atoms with Gasteiger partial charge in [-0.25, -0.2) is 4.79 Å². The highest BCUT2D eigenvalue weighted by molar-refractivity contribution is 6.05. The Bertz CT molecular complexity index is 934. The molecule has 28 heavy (non-hydrogen) atoms. The number of rotatable bonds is 4. The number of aromatic nitrogens is 2. The van der Waals surface area contributed by atoms with Gasteiger partial charge in [0, 0.05) is 11.8 Å². The smallest absolute Gasteiger partial charge is 0.351 e. The van der Waals surface area contributed by atoms with Gasteiger partial charge in [0.05, 0.1) is 6.61 Å². The molecule has 0 saturated carbocycles. The number of hydrogen-bond acceptors (Lipinski definition) is 7. The summed E-state index contributed by atoms with van der Waals surface area (Å²) in [7, 11) is 0. The minimum absolute atomic E-state index is 0.0531. The van der Waals surface area contributed by atoms with Crippen molar-refractivity contribution in [2.45, 2.75) is 45.3 Å². The quantitative estimate of drug-likeness (QED) is 0.580. The summed E-state index contributed by atoms with van der Waals surface area (Å²) in [5.41, 5.74) is 2.42. The third kappa shape index (κ3) is 3.69. The monoisotopic (exact) mass is 389 g/mol. The topological polar surface area (TPSA) is 134 Å². The number of carbonyl (C=O) groups is 1. The molecule has 150 valence electrons. The van der Waals surface area contributed by atoms with Crippen LogP contribution in [0.3, 0.4) is 0 Å². The van der Waals surface area contributed by atoms with Crippen LogP contribution < -0.4 is 11.0 Å². The molecule has 0 bridgehead atoms. The summed E-state index contributed by atoms with van der Waals surface area (Å²) in [5, 5.41) is 31.6. The first-order chi connectivity index (χ1) is 13.2. The third-order valence-electron chi connectivity index (χ3n) is 4.77. The maximum absolute atomic E-state index is 12.6.